The molecule has 2 aromatic heterocycles. The van der Waals surface area contributed by atoms with Crippen LogP contribution in [0.25, 0.3) is 9.65 Å². The molecule has 0 saturated heterocycles. The summed E-state index contributed by atoms with van der Waals surface area (Å²) in [5.41, 5.74) is 0.635. The number of amides is 1. The number of nitrogens with zero attached hydrogens (tertiary/aromatic N) is 2. The van der Waals surface area contributed by atoms with Crippen LogP contribution >= 0.6 is 0 Å². The first-order valence-electron chi connectivity index (χ1n) is 6.53. The third-order valence-corrected chi connectivity index (χ3v) is 5.45. The molecule has 0 aliphatic heterocycles. The van der Waals surface area contributed by atoms with Crippen LogP contribution in [-0.4, -0.2) is 35.7 Å². The van der Waals surface area contributed by atoms with Gasteiger partial charge in [0, 0.05) is 0 Å². The van der Waals surface area contributed by atoms with E-state index in [2.05, 4.69) is 10.3 Å². The van der Waals surface area contributed by atoms with Crippen LogP contribution in [0.1, 0.15) is 10.4 Å². The fourth-order valence-electron chi connectivity index (χ4n) is 2.04. The van der Waals surface area contributed by atoms with E-state index in [1.54, 1.807) is 24.5 Å². The number of benzene rings is 1. The number of rotatable bonds is 4. The number of carbonyl (C=O) groups is 1. The predicted octanol–water partition coefficient (Wildman–Crippen LogP) is 0.883. The molecule has 0 unspecified atom stereocenters. The van der Waals surface area contributed by atoms with E-state index in [-0.39, 0.29) is 26.2 Å². The van der Waals surface area contributed by atoms with Crippen molar-refractivity contribution in [1.82, 2.24) is 13.9 Å². The van der Waals surface area contributed by atoms with Gasteiger partial charge in [-0.2, -0.15) is 0 Å². The van der Waals surface area contributed by atoms with Gasteiger partial charge in [-0.05, 0) is 0 Å². The number of aromatic nitrogens is 2. The van der Waals surface area contributed by atoms with Gasteiger partial charge < -0.3 is 0 Å². The number of hydrogen-bond donors (Lipinski definition) is 1. The summed E-state index contributed by atoms with van der Waals surface area (Å²) in [5, 5.41) is 3.61. The Kier molecular flexibility index (Phi) is 3.99. The summed E-state index contributed by atoms with van der Waals surface area (Å²) >= 11 is 0.00900. The average Bonchev–Trinajstić information content (AvgIpc) is 2.85. The van der Waals surface area contributed by atoms with Crippen LogP contribution in [0.2, 0.25) is 0 Å². The van der Waals surface area contributed by atoms with E-state index in [1.807, 2.05) is 27.8 Å². The Morgan fingerprint density at radius 3 is 2.71 bits per heavy atom. The predicted molar refractivity (Wildman–Crippen MR) is 81.7 cm³/mol. The Balaban J connectivity index is 1.66. The van der Waals surface area contributed by atoms with Gasteiger partial charge in [-0.25, -0.2) is 0 Å². The van der Waals surface area contributed by atoms with Crippen LogP contribution in [0.3, 0.4) is 0 Å². The Hall–Kier alpha value is -2.17. The molecule has 0 bridgehead atoms. The van der Waals surface area contributed by atoms with Crippen LogP contribution in [0, 0.1) is 0 Å². The molecule has 3 aromatic rings. The molecular formula is C15H13N3O2Se. The Morgan fingerprint density at radius 2 is 1.95 bits per heavy atom. The molecule has 0 atom stereocenters. The fraction of sp³-hybridized carbons (Fsp3) is 0.133. The summed E-state index contributed by atoms with van der Waals surface area (Å²) in [7, 11) is 0. The van der Waals surface area contributed by atoms with E-state index in [1.165, 1.54) is 0 Å². The van der Waals surface area contributed by atoms with Crippen molar-refractivity contribution in [2.75, 3.05) is 6.54 Å². The molecule has 21 heavy (non-hydrogen) atoms. The zero-order valence-electron chi connectivity index (χ0n) is 11.2. The molecule has 0 aliphatic carbocycles. The van der Waals surface area contributed by atoms with Crippen molar-refractivity contribution in [3.8, 4) is 0 Å². The first-order valence-corrected chi connectivity index (χ1v) is 8.15. The summed E-state index contributed by atoms with van der Waals surface area (Å²) in [4.78, 5) is 27.9. The van der Waals surface area contributed by atoms with E-state index in [4.69, 9.17) is 0 Å². The molecule has 2 heterocycles. The first kappa shape index (κ1) is 13.8. The van der Waals surface area contributed by atoms with E-state index in [0.29, 0.717) is 18.7 Å². The second-order valence-corrected chi connectivity index (χ2v) is 6.72. The summed E-state index contributed by atoms with van der Waals surface area (Å²) in [6, 6.07) is 11.0. The summed E-state index contributed by atoms with van der Waals surface area (Å²) in [6.45, 7) is 0.979. The summed E-state index contributed by atoms with van der Waals surface area (Å²) < 4.78 is 2.92. The topological polar surface area (TPSA) is 64.0 Å². The van der Waals surface area contributed by atoms with Crippen LogP contribution in [-0.2, 0) is 6.54 Å². The second-order valence-electron chi connectivity index (χ2n) is 4.49. The molecule has 6 heteroatoms. The molecule has 0 fully saturated rings. The molecule has 1 aromatic carbocycles. The molecule has 106 valence electrons. The summed E-state index contributed by atoms with van der Waals surface area (Å²) in [5.74, 6) is -0.144. The van der Waals surface area contributed by atoms with Gasteiger partial charge in [0.2, 0.25) is 0 Å². The van der Waals surface area contributed by atoms with Gasteiger partial charge in [0.05, 0.1) is 0 Å². The minimum absolute atomic E-state index is 0.00900. The third-order valence-electron chi connectivity index (χ3n) is 3.10. The third kappa shape index (κ3) is 2.96. The average molecular weight is 346 g/mol. The Morgan fingerprint density at radius 1 is 1.19 bits per heavy atom. The van der Waals surface area contributed by atoms with Crippen molar-refractivity contribution >= 4 is 30.3 Å². The van der Waals surface area contributed by atoms with Gasteiger partial charge in [0.15, 0.2) is 0 Å². The Bertz CT molecular complexity index is 824. The number of nitrogens with one attached hydrogen (secondary N) is 1. The minimum atomic E-state index is -0.144. The van der Waals surface area contributed by atoms with Crippen LogP contribution in [0.15, 0.2) is 53.6 Å². The van der Waals surface area contributed by atoms with Gasteiger partial charge in [0.25, 0.3) is 0 Å². The standard InChI is InChI=1S/C15H13N3O2Se/c19-14(11-5-7-16-8-6-11)17-9-10-18-15(20)12-3-1-2-4-13(12)21-18/h1-8H,9-10H2,(H,17,19). The Labute approximate surface area is 127 Å². The zero-order chi connectivity index (χ0) is 14.7. The van der Waals surface area contributed by atoms with Gasteiger partial charge in [-0.15, -0.1) is 0 Å². The number of fused-ring (bicyclic) bond motifs is 1. The molecule has 1 amide bonds. The van der Waals surface area contributed by atoms with Crippen molar-refractivity contribution in [1.29, 1.82) is 0 Å². The van der Waals surface area contributed by atoms with Crippen molar-refractivity contribution in [3.63, 3.8) is 0 Å². The van der Waals surface area contributed by atoms with Crippen molar-refractivity contribution in [2.24, 2.45) is 0 Å². The fourth-order valence-corrected chi connectivity index (χ4v) is 4.13. The van der Waals surface area contributed by atoms with Gasteiger partial charge >= 0.3 is 127 Å². The quantitative estimate of drug-likeness (QED) is 0.714. The number of hydrogen-bond acceptors (Lipinski definition) is 3. The monoisotopic (exact) mass is 347 g/mol. The molecule has 0 spiro atoms. The molecule has 3 rings (SSSR count). The van der Waals surface area contributed by atoms with E-state index >= 15 is 0 Å². The first-order chi connectivity index (χ1) is 10.3. The maximum absolute atomic E-state index is 12.2. The number of carbonyl (C=O) groups excluding carboxylic acids is 1. The molecule has 0 aliphatic rings. The van der Waals surface area contributed by atoms with Gasteiger partial charge in [-0.3, -0.25) is 0 Å². The van der Waals surface area contributed by atoms with Crippen LogP contribution in [0.5, 0.6) is 0 Å². The van der Waals surface area contributed by atoms with Crippen molar-refractivity contribution in [2.45, 2.75) is 6.54 Å². The van der Waals surface area contributed by atoms with Crippen LogP contribution < -0.4 is 10.9 Å². The number of pyridine rings is 1. The summed E-state index contributed by atoms with van der Waals surface area (Å²) in [6.07, 6.45) is 3.16. The molecule has 0 radical (unpaired) electrons. The zero-order valence-corrected chi connectivity index (χ0v) is 12.9. The molecule has 1 N–H and O–H groups in total. The van der Waals surface area contributed by atoms with E-state index in [9.17, 15) is 9.59 Å². The van der Waals surface area contributed by atoms with Crippen LogP contribution in [0.4, 0.5) is 0 Å². The molecular weight excluding hydrogens is 333 g/mol. The second kappa shape index (κ2) is 6.08. The van der Waals surface area contributed by atoms with Gasteiger partial charge in [0.1, 0.15) is 0 Å². The molecule has 0 saturated carbocycles. The molecule has 5 nitrogen and oxygen atoms in total. The van der Waals surface area contributed by atoms with Gasteiger partial charge in [-0.1, -0.05) is 0 Å². The van der Waals surface area contributed by atoms with E-state index in [0.717, 1.165) is 9.65 Å². The SMILES string of the molecule is O=C(NCCn1[se]c2ccccc2c1=O)c1ccncc1. The maximum atomic E-state index is 12.2. The normalized spacial score (nSPS) is 10.7. The van der Waals surface area contributed by atoms with Crippen molar-refractivity contribution in [3.05, 3.63) is 64.7 Å². The van der Waals surface area contributed by atoms with Crippen molar-refractivity contribution < 1.29 is 4.79 Å². The van der Waals surface area contributed by atoms with E-state index < -0.39 is 0 Å².